The average Bonchev–Trinajstić information content (AvgIpc) is 2.72. The van der Waals surface area contributed by atoms with Gasteiger partial charge in [0.2, 0.25) is 10.0 Å². The van der Waals surface area contributed by atoms with Gasteiger partial charge in [-0.2, -0.15) is 17.9 Å². The summed E-state index contributed by atoms with van der Waals surface area (Å²) in [6, 6.07) is 7.99. The minimum Gasteiger partial charge on any atom is -0.496 e. The molecule has 0 saturated heterocycles. The number of ether oxygens (including phenoxy) is 1. The normalized spacial score (nSPS) is 21.5. The Morgan fingerprint density at radius 2 is 1.77 bits per heavy atom. The quantitative estimate of drug-likeness (QED) is 0.706. The molecule has 1 aliphatic heterocycles. The molecule has 0 bridgehead atoms. The van der Waals surface area contributed by atoms with Gasteiger partial charge in [-0.15, -0.1) is 0 Å². The van der Waals surface area contributed by atoms with E-state index in [9.17, 15) is 21.6 Å². The number of hydrogen-bond donors (Lipinski definition) is 2. The van der Waals surface area contributed by atoms with Gasteiger partial charge < -0.3 is 10.1 Å². The van der Waals surface area contributed by atoms with E-state index in [1.165, 1.54) is 25.7 Å². The van der Waals surface area contributed by atoms with E-state index in [0.29, 0.717) is 16.8 Å². The van der Waals surface area contributed by atoms with Crippen LogP contribution in [0.15, 0.2) is 41.3 Å². The molecule has 1 heterocycles. The highest BCUT2D eigenvalue weighted by atomic mass is 32.2. The maximum Gasteiger partial charge on any atom is 0.416 e. The fourth-order valence-corrected chi connectivity index (χ4v) is 5.66. The van der Waals surface area contributed by atoms with Gasteiger partial charge in [0.1, 0.15) is 10.6 Å². The number of benzene rings is 2. The van der Waals surface area contributed by atoms with Crippen molar-refractivity contribution < 1.29 is 26.3 Å². The van der Waals surface area contributed by atoms with E-state index in [1.807, 2.05) is 0 Å². The predicted molar refractivity (Wildman–Crippen MR) is 108 cm³/mol. The van der Waals surface area contributed by atoms with Gasteiger partial charge in [0, 0.05) is 5.56 Å². The third-order valence-corrected chi connectivity index (χ3v) is 7.31. The number of halogens is 3. The number of sulfonamides is 1. The summed E-state index contributed by atoms with van der Waals surface area (Å²) in [5, 5.41) is 3.29. The van der Waals surface area contributed by atoms with Crippen molar-refractivity contribution in [3.8, 4) is 16.9 Å². The molecule has 2 N–H and O–H groups in total. The molecular weight excluding hydrogens is 417 g/mol. The van der Waals surface area contributed by atoms with Gasteiger partial charge in [-0.05, 0) is 48.6 Å². The SMILES string of the molecule is COc1cc(C(F)(F)F)ccc1-c1ccc2c(c1)S(=O)(=O)NC(C1CCCCC1)N2. The summed E-state index contributed by atoms with van der Waals surface area (Å²) in [6.45, 7) is 0. The molecule has 1 atom stereocenters. The number of nitrogens with one attached hydrogen (secondary N) is 2. The van der Waals surface area contributed by atoms with Crippen LogP contribution in [-0.2, 0) is 16.2 Å². The zero-order valence-electron chi connectivity index (χ0n) is 16.4. The topological polar surface area (TPSA) is 67.4 Å². The summed E-state index contributed by atoms with van der Waals surface area (Å²) < 4.78 is 72.7. The largest absolute Gasteiger partial charge is 0.496 e. The molecule has 5 nitrogen and oxygen atoms in total. The Bertz CT molecular complexity index is 1050. The fraction of sp³-hybridized carbons (Fsp3) is 0.429. The van der Waals surface area contributed by atoms with Crippen LogP contribution in [0.2, 0.25) is 0 Å². The molecule has 162 valence electrons. The lowest BCUT2D eigenvalue weighted by Crippen LogP contribution is -2.49. The molecule has 0 spiro atoms. The molecule has 4 rings (SSSR count). The molecule has 30 heavy (non-hydrogen) atoms. The van der Waals surface area contributed by atoms with Gasteiger partial charge in [0.25, 0.3) is 0 Å². The zero-order valence-corrected chi connectivity index (χ0v) is 17.2. The molecule has 2 aromatic carbocycles. The number of anilines is 1. The Balaban J connectivity index is 1.70. The molecule has 0 aromatic heterocycles. The van der Waals surface area contributed by atoms with Crippen molar-refractivity contribution in [2.24, 2.45) is 5.92 Å². The van der Waals surface area contributed by atoms with Crippen molar-refractivity contribution in [2.75, 3.05) is 12.4 Å². The van der Waals surface area contributed by atoms with E-state index in [4.69, 9.17) is 4.74 Å². The molecule has 1 aliphatic carbocycles. The Labute approximate surface area is 173 Å². The highest BCUT2D eigenvalue weighted by Gasteiger charge is 2.35. The number of rotatable bonds is 3. The summed E-state index contributed by atoms with van der Waals surface area (Å²) in [4.78, 5) is 0.0778. The summed E-state index contributed by atoms with van der Waals surface area (Å²) >= 11 is 0. The molecule has 9 heteroatoms. The van der Waals surface area contributed by atoms with Crippen LogP contribution >= 0.6 is 0 Å². The minimum absolute atomic E-state index is 0.0268. The lowest BCUT2D eigenvalue weighted by Gasteiger charge is -2.35. The van der Waals surface area contributed by atoms with Gasteiger partial charge >= 0.3 is 6.18 Å². The predicted octanol–water partition coefficient (Wildman–Crippen LogP) is 4.99. The highest BCUT2D eigenvalue weighted by molar-refractivity contribution is 7.89. The van der Waals surface area contributed by atoms with Gasteiger partial charge in [-0.25, -0.2) is 8.42 Å². The minimum atomic E-state index is -4.49. The van der Waals surface area contributed by atoms with Gasteiger partial charge in [0.15, 0.2) is 0 Å². The molecule has 0 amide bonds. The number of methoxy groups -OCH3 is 1. The molecule has 1 unspecified atom stereocenters. The van der Waals surface area contributed by atoms with Crippen molar-refractivity contribution >= 4 is 15.7 Å². The Kier molecular flexibility index (Phi) is 5.44. The summed E-state index contributed by atoms with van der Waals surface area (Å²) in [5.41, 5.74) is 0.520. The van der Waals surface area contributed by atoms with Crippen molar-refractivity contribution in [2.45, 2.75) is 49.3 Å². The number of alkyl halides is 3. The van der Waals surface area contributed by atoms with Gasteiger partial charge in [0.05, 0.1) is 24.5 Å². The second-order valence-corrected chi connectivity index (χ2v) is 9.45. The van der Waals surface area contributed by atoms with E-state index < -0.39 is 21.8 Å². The second kappa shape index (κ2) is 7.77. The second-order valence-electron chi connectivity index (χ2n) is 7.77. The smallest absolute Gasteiger partial charge is 0.416 e. The van der Waals surface area contributed by atoms with Gasteiger partial charge in [-0.1, -0.05) is 31.4 Å². The first kappa shape index (κ1) is 21.0. The van der Waals surface area contributed by atoms with Crippen LogP contribution in [0.5, 0.6) is 5.75 Å². The molecule has 1 saturated carbocycles. The molecule has 0 radical (unpaired) electrons. The van der Waals surface area contributed by atoms with Crippen LogP contribution in [0.3, 0.4) is 0 Å². The van der Waals surface area contributed by atoms with Crippen LogP contribution in [0.1, 0.15) is 37.7 Å². The molecule has 2 aliphatic rings. The Morgan fingerprint density at radius 1 is 1.03 bits per heavy atom. The molecular formula is C21H23F3N2O3S. The van der Waals surface area contributed by atoms with Crippen LogP contribution in [0, 0.1) is 5.92 Å². The lowest BCUT2D eigenvalue weighted by molar-refractivity contribution is -0.137. The molecule has 2 aromatic rings. The highest BCUT2D eigenvalue weighted by Crippen LogP contribution is 2.40. The summed E-state index contributed by atoms with van der Waals surface area (Å²) in [7, 11) is -2.47. The third-order valence-electron chi connectivity index (χ3n) is 5.83. The Hall–Kier alpha value is -2.26. The van der Waals surface area contributed by atoms with E-state index >= 15 is 0 Å². The molecule has 1 fully saturated rings. The zero-order chi connectivity index (χ0) is 21.5. The van der Waals surface area contributed by atoms with Crippen molar-refractivity contribution in [1.82, 2.24) is 4.72 Å². The van der Waals surface area contributed by atoms with E-state index in [2.05, 4.69) is 10.0 Å². The van der Waals surface area contributed by atoms with E-state index in [1.54, 1.807) is 12.1 Å². The Morgan fingerprint density at radius 3 is 2.43 bits per heavy atom. The van der Waals surface area contributed by atoms with Crippen LogP contribution in [0.4, 0.5) is 18.9 Å². The maximum absolute atomic E-state index is 13.0. The van der Waals surface area contributed by atoms with Crippen LogP contribution in [-0.4, -0.2) is 21.7 Å². The third kappa shape index (κ3) is 4.00. The monoisotopic (exact) mass is 440 g/mol. The van der Waals surface area contributed by atoms with Crippen LogP contribution in [0.25, 0.3) is 11.1 Å². The number of fused-ring (bicyclic) bond motifs is 1. The first-order chi connectivity index (χ1) is 14.2. The van der Waals surface area contributed by atoms with Crippen molar-refractivity contribution in [3.05, 3.63) is 42.0 Å². The first-order valence-corrected chi connectivity index (χ1v) is 11.4. The van der Waals surface area contributed by atoms with Crippen molar-refractivity contribution in [1.29, 1.82) is 0 Å². The van der Waals surface area contributed by atoms with E-state index in [-0.39, 0.29) is 22.7 Å². The van der Waals surface area contributed by atoms with E-state index in [0.717, 1.165) is 37.8 Å². The van der Waals surface area contributed by atoms with Crippen LogP contribution < -0.4 is 14.8 Å². The van der Waals surface area contributed by atoms with Gasteiger partial charge in [-0.3, -0.25) is 0 Å². The van der Waals surface area contributed by atoms with Crippen molar-refractivity contribution in [3.63, 3.8) is 0 Å². The summed E-state index contributed by atoms with van der Waals surface area (Å²) in [5.74, 6) is 0.260. The number of hydrogen-bond acceptors (Lipinski definition) is 4. The average molecular weight is 440 g/mol. The standard InChI is InChI=1S/C21H23F3N2O3S/c1-29-18-12-15(21(22,23)24)8-9-16(18)14-7-10-17-19(11-14)30(27,28)26-20(25-17)13-5-3-2-4-6-13/h7-13,20,25-26H,2-6H2,1H3. The lowest BCUT2D eigenvalue weighted by atomic mass is 9.87. The first-order valence-electron chi connectivity index (χ1n) is 9.87. The maximum atomic E-state index is 13.0. The fourth-order valence-electron chi connectivity index (χ4n) is 4.25. The summed E-state index contributed by atoms with van der Waals surface area (Å²) in [6.07, 6.45) is 0.438.